The maximum Gasteiger partial charge on any atom is 0.258 e. The molecule has 0 amide bonds. The third-order valence-electron chi connectivity index (χ3n) is 3.01. The molecule has 0 aliphatic carbocycles. The van der Waals surface area contributed by atoms with Crippen molar-refractivity contribution < 1.29 is 12.9 Å². The number of pyridine rings is 1. The summed E-state index contributed by atoms with van der Waals surface area (Å²) in [6.45, 7) is 1.76. The highest BCUT2D eigenvalue weighted by atomic mass is 32.2. The largest absolute Gasteiger partial charge is 0.336 e. The third kappa shape index (κ3) is 3.15. The fourth-order valence-corrected chi connectivity index (χ4v) is 2.78. The highest BCUT2D eigenvalue weighted by molar-refractivity contribution is 7.95. The number of nitrogens with zero attached hydrogens (tertiary/aromatic N) is 2. The average Bonchev–Trinajstić information content (AvgIpc) is 2.87. The van der Waals surface area contributed by atoms with Gasteiger partial charge in [-0.3, -0.25) is 4.72 Å². The Labute approximate surface area is 127 Å². The van der Waals surface area contributed by atoms with Crippen molar-refractivity contribution in [1.29, 1.82) is 0 Å². The average molecular weight is 315 g/mol. The molecule has 0 fully saturated rings. The molecule has 3 aromatic rings. The van der Waals surface area contributed by atoms with Crippen LogP contribution in [0, 0.1) is 6.92 Å². The first-order valence-electron chi connectivity index (χ1n) is 6.51. The molecule has 22 heavy (non-hydrogen) atoms. The lowest BCUT2D eigenvalue weighted by Gasteiger charge is -2.03. The van der Waals surface area contributed by atoms with Gasteiger partial charge in [0.1, 0.15) is 0 Å². The molecule has 0 aliphatic rings. The van der Waals surface area contributed by atoms with Crippen LogP contribution in [0.3, 0.4) is 0 Å². The molecule has 112 valence electrons. The molecule has 0 atom stereocenters. The van der Waals surface area contributed by atoms with Crippen molar-refractivity contribution in [2.24, 2.45) is 0 Å². The minimum atomic E-state index is -3.62. The zero-order valence-corrected chi connectivity index (χ0v) is 12.5. The number of benzene rings is 1. The first-order valence-corrected chi connectivity index (χ1v) is 8.06. The molecule has 0 unspecified atom stereocenters. The second kappa shape index (κ2) is 5.61. The second-order valence-corrected chi connectivity index (χ2v) is 6.27. The highest BCUT2D eigenvalue weighted by Gasteiger charge is 2.10. The van der Waals surface area contributed by atoms with Gasteiger partial charge in [-0.25, -0.2) is 13.4 Å². The van der Waals surface area contributed by atoms with Gasteiger partial charge in [-0.2, -0.15) is 0 Å². The van der Waals surface area contributed by atoms with E-state index in [1.165, 1.54) is 12.3 Å². The molecule has 0 radical (unpaired) electrons. The van der Waals surface area contributed by atoms with Crippen LogP contribution in [0.5, 0.6) is 0 Å². The fourth-order valence-electron chi connectivity index (χ4n) is 1.93. The number of hydrogen-bond donors (Lipinski definition) is 1. The van der Waals surface area contributed by atoms with Gasteiger partial charge in [-0.05, 0) is 24.6 Å². The van der Waals surface area contributed by atoms with E-state index < -0.39 is 10.0 Å². The van der Waals surface area contributed by atoms with E-state index in [0.29, 0.717) is 22.5 Å². The summed E-state index contributed by atoms with van der Waals surface area (Å²) < 4.78 is 31.6. The Morgan fingerprint density at radius 2 is 2.00 bits per heavy atom. The van der Waals surface area contributed by atoms with Gasteiger partial charge < -0.3 is 4.52 Å². The van der Waals surface area contributed by atoms with E-state index in [4.69, 9.17) is 4.52 Å². The Morgan fingerprint density at radius 1 is 1.23 bits per heavy atom. The summed E-state index contributed by atoms with van der Waals surface area (Å²) in [5.41, 5.74) is 2.19. The zero-order chi connectivity index (χ0) is 15.6. The van der Waals surface area contributed by atoms with Gasteiger partial charge in [0.05, 0.1) is 28.4 Å². The predicted molar refractivity (Wildman–Crippen MR) is 84.6 cm³/mol. The smallest absolute Gasteiger partial charge is 0.258 e. The molecule has 0 saturated heterocycles. The quantitative estimate of drug-likeness (QED) is 0.800. The molecule has 0 spiro atoms. The minimum absolute atomic E-state index is 0.358. The zero-order valence-electron chi connectivity index (χ0n) is 11.7. The summed E-state index contributed by atoms with van der Waals surface area (Å²) in [4.78, 5) is 4.02. The summed E-state index contributed by atoms with van der Waals surface area (Å²) in [6.07, 6.45) is 2.92. The number of aryl methyl sites for hydroxylation is 1. The van der Waals surface area contributed by atoms with Crippen molar-refractivity contribution >= 4 is 32.9 Å². The Bertz CT molecular complexity index is 931. The summed E-state index contributed by atoms with van der Waals surface area (Å²) >= 11 is 0. The number of rotatable bonds is 4. The van der Waals surface area contributed by atoms with Gasteiger partial charge in [0.2, 0.25) is 0 Å². The minimum Gasteiger partial charge on any atom is -0.336 e. The lowest BCUT2D eigenvalue weighted by Crippen LogP contribution is -2.08. The van der Waals surface area contributed by atoms with E-state index in [-0.39, 0.29) is 0 Å². The number of aromatic nitrogens is 2. The van der Waals surface area contributed by atoms with Crippen LogP contribution in [0.2, 0.25) is 0 Å². The van der Waals surface area contributed by atoms with Crippen LogP contribution in [0.15, 0.2) is 52.5 Å². The molecule has 1 aromatic carbocycles. The summed E-state index contributed by atoms with van der Waals surface area (Å²) in [7, 11) is -3.62. The first kappa shape index (κ1) is 14.3. The number of anilines is 1. The molecule has 0 bridgehead atoms. The van der Waals surface area contributed by atoms with E-state index in [9.17, 15) is 8.42 Å². The van der Waals surface area contributed by atoms with Gasteiger partial charge in [0, 0.05) is 0 Å². The number of hydrogen-bond acceptors (Lipinski definition) is 5. The summed E-state index contributed by atoms with van der Waals surface area (Å²) in [5.74, 6) is 0. The van der Waals surface area contributed by atoms with Crippen molar-refractivity contribution in [2.75, 3.05) is 4.72 Å². The molecule has 0 saturated carbocycles. The van der Waals surface area contributed by atoms with Gasteiger partial charge >= 0.3 is 0 Å². The van der Waals surface area contributed by atoms with Crippen LogP contribution in [-0.4, -0.2) is 18.6 Å². The third-order valence-corrected chi connectivity index (χ3v) is 4.02. The Morgan fingerprint density at radius 3 is 2.77 bits per heavy atom. The topological polar surface area (TPSA) is 85.1 Å². The number of fused-ring (bicyclic) bond motifs is 1. The van der Waals surface area contributed by atoms with Crippen molar-refractivity contribution in [2.45, 2.75) is 6.92 Å². The summed E-state index contributed by atoms with van der Waals surface area (Å²) in [6, 6.07) is 10.8. The van der Waals surface area contributed by atoms with Crippen LogP contribution in [0.25, 0.3) is 17.2 Å². The second-order valence-electron chi connectivity index (χ2n) is 4.71. The molecule has 0 aliphatic heterocycles. The van der Waals surface area contributed by atoms with E-state index in [0.717, 1.165) is 11.0 Å². The van der Waals surface area contributed by atoms with E-state index >= 15 is 0 Å². The highest BCUT2D eigenvalue weighted by Crippen LogP contribution is 2.20. The van der Waals surface area contributed by atoms with Crippen molar-refractivity contribution in [3.05, 3.63) is 59.3 Å². The number of sulfonamides is 1. The van der Waals surface area contributed by atoms with Gasteiger partial charge in [0.15, 0.2) is 0 Å². The monoisotopic (exact) mass is 315 g/mol. The fraction of sp³-hybridized carbons (Fsp3) is 0.0667. The van der Waals surface area contributed by atoms with Crippen LogP contribution < -0.4 is 4.72 Å². The molecule has 1 N–H and O–H groups in total. The maximum atomic E-state index is 12.1. The lowest BCUT2D eigenvalue weighted by molar-refractivity contribution is 0.443. The van der Waals surface area contributed by atoms with Crippen LogP contribution >= 0.6 is 0 Å². The normalized spacial score (nSPS) is 12.0. The van der Waals surface area contributed by atoms with Crippen molar-refractivity contribution in [3.8, 4) is 0 Å². The Hall–Kier alpha value is -2.67. The Kier molecular flexibility index (Phi) is 3.64. The molecule has 2 heterocycles. The van der Waals surface area contributed by atoms with Crippen LogP contribution in [0.1, 0.15) is 11.3 Å². The van der Waals surface area contributed by atoms with Crippen LogP contribution in [-0.2, 0) is 10.0 Å². The van der Waals surface area contributed by atoms with Crippen molar-refractivity contribution in [1.82, 2.24) is 10.1 Å². The molecule has 3 rings (SSSR count). The molecular formula is C15H13N3O3S. The number of nitrogens with one attached hydrogen (secondary N) is 1. The molecular weight excluding hydrogens is 302 g/mol. The van der Waals surface area contributed by atoms with Crippen molar-refractivity contribution in [3.63, 3.8) is 0 Å². The van der Waals surface area contributed by atoms with Gasteiger partial charge in [0.25, 0.3) is 15.7 Å². The molecule has 7 heteroatoms. The lowest BCUT2D eigenvalue weighted by atomic mass is 10.2. The van der Waals surface area contributed by atoms with E-state index in [1.807, 2.05) is 30.3 Å². The maximum absolute atomic E-state index is 12.1. The van der Waals surface area contributed by atoms with Gasteiger partial charge in [-0.1, -0.05) is 35.5 Å². The van der Waals surface area contributed by atoms with Crippen LogP contribution in [0.4, 0.5) is 5.69 Å². The summed E-state index contributed by atoms with van der Waals surface area (Å²) in [5, 5.41) is 5.57. The molecule has 2 aromatic heterocycles. The predicted octanol–water partition coefficient (Wildman–Crippen LogP) is 2.94. The Balaban J connectivity index is 1.83. The molecule has 6 nitrogen and oxygen atoms in total. The first-order chi connectivity index (χ1) is 10.5. The SMILES string of the molecule is Cc1noc2ncc(NS(=O)(=O)/C=C/c3ccccc3)cc12. The standard InChI is InChI=1S/C15H13N3O3S/c1-11-14-9-13(10-16-15(14)21-17-11)18-22(19,20)8-7-12-5-3-2-4-6-12/h2-10,18H,1H3/b8-7+. The van der Waals surface area contributed by atoms with E-state index in [1.54, 1.807) is 13.0 Å². The van der Waals surface area contributed by atoms with E-state index in [2.05, 4.69) is 14.9 Å². The van der Waals surface area contributed by atoms with Gasteiger partial charge in [-0.15, -0.1) is 0 Å².